The number of carbonyl (C=O) groups excluding carboxylic acids is 1. The molecule has 0 aliphatic carbocycles. The van der Waals surface area contributed by atoms with Crippen LogP contribution in [0.15, 0.2) is 47.1 Å². The number of hydrogen-bond acceptors (Lipinski definition) is 6. The van der Waals surface area contributed by atoms with Crippen molar-refractivity contribution in [3.8, 4) is 17.3 Å². The van der Waals surface area contributed by atoms with Gasteiger partial charge in [-0.05, 0) is 37.1 Å². The summed E-state index contributed by atoms with van der Waals surface area (Å²) in [5.41, 5.74) is 1.36. The molecular weight excluding hydrogens is 377 g/mol. The van der Waals surface area contributed by atoms with Crippen LogP contribution in [0.5, 0.6) is 5.88 Å². The Balaban J connectivity index is 1.40. The Kier molecular flexibility index (Phi) is 5.37. The van der Waals surface area contributed by atoms with Gasteiger partial charge in [-0.1, -0.05) is 17.3 Å². The molecule has 1 saturated heterocycles. The minimum absolute atomic E-state index is 0.0390. The number of likely N-dealkylation sites (tertiary alicyclic amines) is 1. The molecule has 1 N–H and O–H groups in total. The normalized spacial score (nSPS) is 16.5. The molecule has 1 aromatic carbocycles. The molecule has 0 radical (unpaired) electrons. The fourth-order valence-corrected chi connectivity index (χ4v) is 3.19. The van der Waals surface area contributed by atoms with Crippen molar-refractivity contribution in [3.63, 3.8) is 0 Å². The van der Waals surface area contributed by atoms with Gasteiger partial charge in [0, 0.05) is 30.9 Å². The topological polar surface area (TPSA) is 93.4 Å². The second-order valence-corrected chi connectivity index (χ2v) is 6.77. The monoisotopic (exact) mass is 397 g/mol. The van der Waals surface area contributed by atoms with E-state index >= 15 is 0 Å². The van der Waals surface area contributed by atoms with Gasteiger partial charge in [0.1, 0.15) is 6.10 Å². The summed E-state index contributed by atoms with van der Waals surface area (Å²) in [4.78, 5) is 22.5. The standard InChI is InChI=1S/C20H20FN5O3/c1-13-23-18(25-29-13)14-5-2-6-15(11-14)24-20(27)26-10-4-7-16(12-26)28-19-17(21)8-3-9-22-19/h2-3,5-6,8-9,11,16H,4,7,10,12H2,1H3,(H,24,27). The van der Waals surface area contributed by atoms with Crippen LogP contribution in [0, 0.1) is 12.7 Å². The number of nitrogens with one attached hydrogen (secondary N) is 1. The number of hydrogen-bond donors (Lipinski definition) is 1. The Morgan fingerprint density at radius 1 is 1.34 bits per heavy atom. The molecule has 0 bridgehead atoms. The molecular formula is C20H20FN5O3. The molecule has 4 rings (SSSR count). The Bertz CT molecular complexity index is 1010. The van der Waals surface area contributed by atoms with Crippen LogP contribution in [-0.4, -0.2) is 45.2 Å². The molecule has 3 heterocycles. The number of pyridine rings is 1. The van der Waals surface area contributed by atoms with Crippen molar-refractivity contribution in [1.29, 1.82) is 0 Å². The Hall–Kier alpha value is -3.49. The number of piperidine rings is 1. The smallest absolute Gasteiger partial charge is 0.321 e. The average molecular weight is 397 g/mol. The summed E-state index contributed by atoms with van der Waals surface area (Å²) >= 11 is 0. The van der Waals surface area contributed by atoms with E-state index in [1.54, 1.807) is 24.0 Å². The summed E-state index contributed by atoms with van der Waals surface area (Å²) < 4.78 is 24.4. The van der Waals surface area contributed by atoms with Gasteiger partial charge in [-0.25, -0.2) is 14.2 Å². The molecule has 0 saturated carbocycles. The fraction of sp³-hybridized carbons (Fsp3) is 0.300. The lowest BCUT2D eigenvalue weighted by atomic mass is 10.1. The van der Waals surface area contributed by atoms with Crippen LogP contribution < -0.4 is 10.1 Å². The highest BCUT2D eigenvalue weighted by Crippen LogP contribution is 2.22. The number of nitrogens with zero attached hydrogens (tertiary/aromatic N) is 4. The number of anilines is 1. The van der Waals surface area contributed by atoms with Crippen LogP contribution in [0.1, 0.15) is 18.7 Å². The summed E-state index contributed by atoms with van der Waals surface area (Å²) in [5.74, 6) is 0.381. The lowest BCUT2D eigenvalue weighted by Crippen LogP contribution is -2.46. The number of halogens is 1. The van der Waals surface area contributed by atoms with Crippen molar-refractivity contribution >= 4 is 11.7 Å². The summed E-state index contributed by atoms with van der Waals surface area (Å²) in [5, 5.41) is 6.77. The van der Waals surface area contributed by atoms with Gasteiger partial charge in [-0.2, -0.15) is 4.98 Å². The molecule has 1 atom stereocenters. The van der Waals surface area contributed by atoms with Crippen molar-refractivity contribution in [2.75, 3.05) is 18.4 Å². The number of rotatable bonds is 4. The average Bonchev–Trinajstić information content (AvgIpc) is 3.17. The van der Waals surface area contributed by atoms with E-state index in [1.807, 2.05) is 12.1 Å². The van der Waals surface area contributed by atoms with Crippen molar-refractivity contribution < 1.29 is 18.4 Å². The van der Waals surface area contributed by atoms with Crippen molar-refractivity contribution in [3.05, 3.63) is 54.3 Å². The summed E-state index contributed by atoms with van der Waals surface area (Å²) in [7, 11) is 0. The SMILES string of the molecule is Cc1nc(-c2cccc(NC(=O)N3CCCC(Oc4ncccc4F)C3)c2)no1. The van der Waals surface area contributed by atoms with Crippen molar-refractivity contribution in [2.24, 2.45) is 0 Å². The van der Waals surface area contributed by atoms with Crippen LogP contribution >= 0.6 is 0 Å². The van der Waals surface area contributed by atoms with Gasteiger partial charge in [-0.3, -0.25) is 0 Å². The van der Waals surface area contributed by atoms with E-state index in [-0.39, 0.29) is 18.0 Å². The van der Waals surface area contributed by atoms with E-state index in [0.29, 0.717) is 30.5 Å². The first-order chi connectivity index (χ1) is 14.1. The number of urea groups is 1. The second-order valence-electron chi connectivity index (χ2n) is 6.77. The predicted molar refractivity (Wildman–Crippen MR) is 103 cm³/mol. The van der Waals surface area contributed by atoms with Gasteiger partial charge in [0.15, 0.2) is 5.82 Å². The Morgan fingerprint density at radius 2 is 2.24 bits per heavy atom. The molecule has 1 unspecified atom stereocenters. The Morgan fingerprint density at radius 3 is 3.03 bits per heavy atom. The van der Waals surface area contributed by atoms with Crippen molar-refractivity contribution in [2.45, 2.75) is 25.9 Å². The van der Waals surface area contributed by atoms with E-state index in [0.717, 1.165) is 18.4 Å². The van der Waals surface area contributed by atoms with Crippen LogP contribution in [0.4, 0.5) is 14.9 Å². The highest BCUT2D eigenvalue weighted by atomic mass is 19.1. The number of amides is 2. The maximum Gasteiger partial charge on any atom is 0.321 e. The largest absolute Gasteiger partial charge is 0.470 e. The lowest BCUT2D eigenvalue weighted by molar-refractivity contribution is 0.0987. The predicted octanol–water partition coefficient (Wildman–Crippen LogP) is 3.65. The highest BCUT2D eigenvalue weighted by molar-refractivity contribution is 5.90. The third-order valence-electron chi connectivity index (χ3n) is 4.57. The second kappa shape index (κ2) is 8.26. The van der Waals surface area contributed by atoms with E-state index in [9.17, 15) is 9.18 Å². The molecule has 3 aromatic rings. The summed E-state index contributed by atoms with van der Waals surface area (Å²) in [6.45, 7) is 2.67. The first kappa shape index (κ1) is 18.9. The van der Waals surface area contributed by atoms with E-state index in [1.165, 1.54) is 18.3 Å². The van der Waals surface area contributed by atoms with Crippen LogP contribution in [0.2, 0.25) is 0 Å². The van der Waals surface area contributed by atoms with Gasteiger partial charge in [0.2, 0.25) is 11.7 Å². The molecule has 2 amide bonds. The van der Waals surface area contributed by atoms with Crippen molar-refractivity contribution in [1.82, 2.24) is 20.0 Å². The third-order valence-corrected chi connectivity index (χ3v) is 4.57. The first-order valence-corrected chi connectivity index (χ1v) is 9.32. The quantitative estimate of drug-likeness (QED) is 0.722. The van der Waals surface area contributed by atoms with Crippen LogP contribution in [0.3, 0.4) is 0 Å². The zero-order chi connectivity index (χ0) is 20.2. The molecule has 9 heteroatoms. The van der Waals surface area contributed by atoms with Gasteiger partial charge in [0.05, 0.1) is 6.54 Å². The molecule has 1 aliphatic rings. The van der Waals surface area contributed by atoms with E-state index in [2.05, 4.69) is 20.4 Å². The molecule has 2 aromatic heterocycles. The molecule has 1 fully saturated rings. The maximum absolute atomic E-state index is 13.8. The van der Waals surface area contributed by atoms with E-state index < -0.39 is 5.82 Å². The minimum Gasteiger partial charge on any atom is -0.470 e. The molecule has 0 spiro atoms. The van der Waals surface area contributed by atoms with Gasteiger partial charge in [0.25, 0.3) is 5.88 Å². The zero-order valence-electron chi connectivity index (χ0n) is 15.8. The molecule has 29 heavy (non-hydrogen) atoms. The zero-order valence-corrected chi connectivity index (χ0v) is 15.8. The number of carbonyl (C=O) groups is 1. The molecule has 1 aliphatic heterocycles. The summed E-state index contributed by atoms with van der Waals surface area (Å²) in [6.07, 6.45) is 2.65. The van der Waals surface area contributed by atoms with E-state index in [4.69, 9.17) is 9.26 Å². The number of aromatic nitrogens is 3. The number of benzene rings is 1. The third kappa shape index (κ3) is 4.50. The first-order valence-electron chi connectivity index (χ1n) is 9.32. The highest BCUT2D eigenvalue weighted by Gasteiger charge is 2.26. The number of aryl methyl sites for hydroxylation is 1. The fourth-order valence-electron chi connectivity index (χ4n) is 3.19. The molecule has 8 nitrogen and oxygen atoms in total. The van der Waals surface area contributed by atoms with Crippen LogP contribution in [0.25, 0.3) is 11.4 Å². The van der Waals surface area contributed by atoms with Crippen LogP contribution in [-0.2, 0) is 0 Å². The van der Waals surface area contributed by atoms with Gasteiger partial charge < -0.3 is 19.5 Å². The number of ether oxygens (including phenoxy) is 1. The maximum atomic E-state index is 13.8. The Labute approximate surface area is 166 Å². The molecule has 150 valence electrons. The van der Waals surface area contributed by atoms with Gasteiger partial charge in [-0.15, -0.1) is 0 Å². The summed E-state index contributed by atoms with van der Waals surface area (Å²) in [6, 6.07) is 9.77. The van der Waals surface area contributed by atoms with Gasteiger partial charge >= 0.3 is 6.03 Å². The minimum atomic E-state index is -0.511. The lowest BCUT2D eigenvalue weighted by Gasteiger charge is -2.32.